The molecular weight excluding hydrogens is 441 g/mol. The van der Waals surface area contributed by atoms with Gasteiger partial charge in [-0.1, -0.05) is 56.3 Å². The van der Waals surface area contributed by atoms with Crippen LogP contribution in [0.1, 0.15) is 79.2 Å². The molecule has 34 heavy (non-hydrogen) atoms. The summed E-state index contributed by atoms with van der Waals surface area (Å²) in [5.41, 5.74) is 0.692. The molecule has 0 fully saturated rings. The predicted molar refractivity (Wildman–Crippen MR) is 126 cm³/mol. The molecule has 0 radical (unpaired) electrons. The molecule has 1 aromatic heterocycles. The Labute approximate surface area is 197 Å². The summed E-state index contributed by atoms with van der Waals surface area (Å²) >= 11 is 0. The lowest BCUT2D eigenvalue weighted by Crippen LogP contribution is -2.45. The van der Waals surface area contributed by atoms with Crippen molar-refractivity contribution in [2.75, 3.05) is 5.32 Å². The van der Waals surface area contributed by atoms with Crippen LogP contribution in [0.3, 0.4) is 0 Å². The number of carbonyl (C=O) groups is 1. The van der Waals surface area contributed by atoms with Gasteiger partial charge in [-0.25, -0.2) is 4.68 Å². The van der Waals surface area contributed by atoms with E-state index < -0.39 is 17.3 Å². The number of nitrogens with zero attached hydrogens (tertiary/aromatic N) is 2. The summed E-state index contributed by atoms with van der Waals surface area (Å²) in [5.74, 6) is 0.344. The highest BCUT2D eigenvalue weighted by atomic mass is 19.4. The zero-order chi connectivity index (χ0) is 24.5. The number of nitrogens with one attached hydrogen (secondary N) is 2. The largest absolute Gasteiger partial charge is 0.416 e. The molecule has 3 aromatic rings. The number of rotatable bonds is 6. The molecule has 2 aromatic carbocycles. The fourth-order valence-corrected chi connectivity index (χ4v) is 4.75. The number of alkyl halides is 3. The number of carbonyl (C=O) groups excluding carboxylic acids is 1. The molecule has 2 N–H and O–H groups in total. The normalized spacial score (nSPS) is 18.2. The number of aromatic nitrogens is 2. The molecule has 8 heteroatoms. The molecule has 2 heterocycles. The summed E-state index contributed by atoms with van der Waals surface area (Å²) < 4.78 is 40.9. The van der Waals surface area contributed by atoms with Gasteiger partial charge in [0.15, 0.2) is 0 Å². The zero-order valence-electron chi connectivity index (χ0n) is 19.5. The Bertz CT molecular complexity index is 1140. The van der Waals surface area contributed by atoms with E-state index in [0.717, 1.165) is 24.1 Å². The van der Waals surface area contributed by atoms with Crippen LogP contribution in [-0.4, -0.2) is 15.7 Å². The van der Waals surface area contributed by atoms with Gasteiger partial charge in [-0.2, -0.15) is 18.3 Å². The molecule has 0 aliphatic carbocycles. The van der Waals surface area contributed by atoms with E-state index in [2.05, 4.69) is 34.8 Å². The number of amides is 1. The maximum atomic E-state index is 13.5. The number of halogens is 3. The van der Waals surface area contributed by atoms with Crippen molar-refractivity contribution in [1.82, 2.24) is 15.1 Å². The van der Waals surface area contributed by atoms with Gasteiger partial charge < -0.3 is 10.6 Å². The quantitative estimate of drug-likeness (QED) is 0.434. The van der Waals surface area contributed by atoms with Gasteiger partial charge in [0.1, 0.15) is 11.4 Å². The molecule has 5 nitrogen and oxygen atoms in total. The van der Waals surface area contributed by atoms with Crippen LogP contribution in [0.5, 0.6) is 0 Å². The van der Waals surface area contributed by atoms with E-state index in [1.165, 1.54) is 12.1 Å². The Balaban J connectivity index is 1.62. The van der Waals surface area contributed by atoms with Crippen molar-refractivity contribution in [3.05, 3.63) is 83.0 Å². The number of hydrogen-bond acceptors (Lipinski definition) is 3. The lowest BCUT2D eigenvalue weighted by atomic mass is 9.84. The number of fused-ring (bicyclic) bond motifs is 1. The van der Waals surface area contributed by atoms with Crippen LogP contribution >= 0.6 is 0 Å². The van der Waals surface area contributed by atoms with Crippen LogP contribution in [0.25, 0.3) is 0 Å². The first-order valence-corrected chi connectivity index (χ1v) is 11.6. The van der Waals surface area contributed by atoms with Crippen molar-refractivity contribution in [2.24, 2.45) is 0 Å². The van der Waals surface area contributed by atoms with Gasteiger partial charge in [-0.3, -0.25) is 4.79 Å². The molecule has 1 amide bonds. The van der Waals surface area contributed by atoms with Gasteiger partial charge in [-0.15, -0.1) is 0 Å². The second kappa shape index (κ2) is 9.16. The predicted octanol–water partition coefficient (Wildman–Crippen LogP) is 6.47. The van der Waals surface area contributed by atoms with E-state index in [1.807, 2.05) is 36.7 Å². The smallest absolute Gasteiger partial charge is 0.363 e. The van der Waals surface area contributed by atoms with Crippen LogP contribution in [0, 0.1) is 0 Å². The maximum absolute atomic E-state index is 13.5. The maximum Gasteiger partial charge on any atom is 0.416 e. The summed E-state index contributed by atoms with van der Waals surface area (Å²) in [6.07, 6.45) is -0.956. The molecule has 0 saturated carbocycles. The first kappa shape index (κ1) is 23.9. The van der Waals surface area contributed by atoms with Crippen molar-refractivity contribution >= 4 is 11.7 Å². The third-order valence-corrected chi connectivity index (χ3v) is 6.87. The topological polar surface area (TPSA) is 59.0 Å². The molecule has 180 valence electrons. The van der Waals surface area contributed by atoms with E-state index >= 15 is 0 Å². The van der Waals surface area contributed by atoms with Crippen LogP contribution < -0.4 is 10.6 Å². The Morgan fingerprint density at radius 1 is 1.06 bits per heavy atom. The second-order valence-electron chi connectivity index (χ2n) is 8.86. The zero-order valence-corrected chi connectivity index (χ0v) is 19.5. The first-order valence-electron chi connectivity index (χ1n) is 11.6. The molecule has 0 bridgehead atoms. The van der Waals surface area contributed by atoms with Crippen molar-refractivity contribution < 1.29 is 18.0 Å². The lowest BCUT2D eigenvalue weighted by Gasteiger charge is -2.34. The Kier molecular flexibility index (Phi) is 6.43. The van der Waals surface area contributed by atoms with Gasteiger partial charge in [0.05, 0.1) is 29.4 Å². The van der Waals surface area contributed by atoms with Gasteiger partial charge in [-0.05, 0) is 49.4 Å². The summed E-state index contributed by atoms with van der Waals surface area (Å²) in [7, 11) is 0. The van der Waals surface area contributed by atoms with E-state index in [0.29, 0.717) is 29.8 Å². The Morgan fingerprint density at radius 3 is 2.26 bits per heavy atom. The van der Waals surface area contributed by atoms with Crippen LogP contribution in [-0.2, 0) is 11.7 Å². The molecule has 2 unspecified atom stereocenters. The molecule has 2 atom stereocenters. The number of benzene rings is 2. The van der Waals surface area contributed by atoms with E-state index in [4.69, 9.17) is 0 Å². The molecule has 0 saturated heterocycles. The second-order valence-corrected chi connectivity index (χ2v) is 8.86. The average molecular weight is 471 g/mol. The van der Waals surface area contributed by atoms with Gasteiger partial charge in [0.2, 0.25) is 0 Å². The molecule has 1 aliphatic rings. The van der Waals surface area contributed by atoms with E-state index in [1.54, 1.807) is 6.20 Å². The number of hydrogen-bond donors (Lipinski definition) is 2. The summed E-state index contributed by atoms with van der Waals surface area (Å²) in [6.45, 7) is 5.90. The fraction of sp³-hybridized carbons (Fsp3) is 0.385. The summed E-state index contributed by atoms with van der Waals surface area (Å²) in [5, 5.41) is 11.0. The Morgan fingerprint density at radius 2 is 1.68 bits per heavy atom. The van der Waals surface area contributed by atoms with Crippen molar-refractivity contribution in [3.63, 3.8) is 0 Å². The molecule has 4 rings (SSSR count). The van der Waals surface area contributed by atoms with Gasteiger partial charge in [0, 0.05) is 0 Å². The van der Waals surface area contributed by atoms with Crippen LogP contribution in [0.2, 0.25) is 0 Å². The standard InChI is InChI=1S/C26H29F3N4O/c1-4-25(5-2,19-11-13-20(14-12-19)26(27,28)29)32-24(34)21-16-30-33-17(3)15-22(31-23(21)33)18-9-7-6-8-10-18/h6-14,16-17,22,31H,4-5,15H2,1-3H3,(H,32,34). The first-order chi connectivity index (χ1) is 16.2. The summed E-state index contributed by atoms with van der Waals surface area (Å²) in [6, 6.07) is 15.2. The molecular formula is C26H29F3N4O. The van der Waals surface area contributed by atoms with Gasteiger partial charge in [0.25, 0.3) is 5.91 Å². The van der Waals surface area contributed by atoms with Gasteiger partial charge >= 0.3 is 6.18 Å². The molecule has 0 spiro atoms. The molecule has 1 aliphatic heterocycles. The minimum atomic E-state index is -4.40. The van der Waals surface area contributed by atoms with Crippen LogP contribution in [0.4, 0.5) is 19.0 Å². The minimum absolute atomic E-state index is 0.0453. The highest BCUT2D eigenvalue weighted by molar-refractivity contribution is 5.99. The third-order valence-electron chi connectivity index (χ3n) is 6.87. The Hall–Kier alpha value is -3.29. The third kappa shape index (κ3) is 4.41. The van der Waals surface area contributed by atoms with Crippen molar-refractivity contribution in [3.8, 4) is 0 Å². The van der Waals surface area contributed by atoms with Crippen molar-refractivity contribution in [2.45, 2.75) is 63.8 Å². The average Bonchev–Trinajstić information content (AvgIpc) is 3.27. The van der Waals surface area contributed by atoms with E-state index in [-0.39, 0.29) is 18.0 Å². The van der Waals surface area contributed by atoms with E-state index in [9.17, 15) is 18.0 Å². The number of anilines is 1. The van der Waals surface area contributed by atoms with Crippen molar-refractivity contribution in [1.29, 1.82) is 0 Å². The minimum Gasteiger partial charge on any atom is -0.363 e. The fourth-order valence-electron chi connectivity index (χ4n) is 4.75. The summed E-state index contributed by atoms with van der Waals surface area (Å²) in [4.78, 5) is 13.5. The SMILES string of the molecule is CCC(CC)(NC(=O)c1cnn2c1NC(c1ccccc1)CC2C)c1ccc(C(F)(F)F)cc1. The lowest BCUT2D eigenvalue weighted by molar-refractivity contribution is -0.137. The monoisotopic (exact) mass is 470 g/mol. The highest BCUT2D eigenvalue weighted by Crippen LogP contribution is 2.38. The highest BCUT2D eigenvalue weighted by Gasteiger charge is 2.36. The van der Waals surface area contributed by atoms with Crippen LogP contribution in [0.15, 0.2) is 60.8 Å².